The lowest BCUT2D eigenvalue weighted by Gasteiger charge is -2.10. The van der Waals surface area contributed by atoms with Gasteiger partial charge < -0.3 is 14.2 Å². The number of amides is 1. The molecule has 0 saturated heterocycles. The highest BCUT2D eigenvalue weighted by atomic mass is 16.6. The summed E-state index contributed by atoms with van der Waals surface area (Å²) < 4.78 is 16.3. The molecule has 0 aromatic heterocycles. The Morgan fingerprint density at radius 1 is 1.00 bits per heavy atom. The van der Waals surface area contributed by atoms with Crippen LogP contribution in [0.15, 0.2) is 77.9 Å². The van der Waals surface area contributed by atoms with Crippen LogP contribution in [0.1, 0.15) is 47.7 Å². The Morgan fingerprint density at radius 3 is 2.41 bits per heavy atom. The summed E-state index contributed by atoms with van der Waals surface area (Å²) in [4.78, 5) is 24.3. The van der Waals surface area contributed by atoms with E-state index in [4.69, 9.17) is 14.2 Å². The molecule has 3 rings (SSSR count). The molecule has 0 fully saturated rings. The maximum absolute atomic E-state index is 12.3. The van der Waals surface area contributed by atoms with Crippen molar-refractivity contribution in [3.8, 4) is 17.2 Å². The Morgan fingerprint density at radius 2 is 1.74 bits per heavy atom. The van der Waals surface area contributed by atoms with Gasteiger partial charge in [0.1, 0.15) is 5.75 Å². The molecule has 0 aliphatic heterocycles. The summed E-state index contributed by atoms with van der Waals surface area (Å²) in [7, 11) is 1.48. The van der Waals surface area contributed by atoms with Gasteiger partial charge in [0, 0.05) is 0 Å². The highest BCUT2D eigenvalue weighted by Gasteiger charge is 2.12. The van der Waals surface area contributed by atoms with Gasteiger partial charge in [0.05, 0.1) is 18.9 Å². The molecule has 1 atom stereocenters. The second-order valence-corrected chi connectivity index (χ2v) is 7.63. The van der Waals surface area contributed by atoms with Gasteiger partial charge in [-0.3, -0.25) is 4.79 Å². The SMILES string of the molecule is CCC(C)c1ccc(OCC(=O)NN=Cc2ccc(OC(=O)c3ccccc3)c(OC)c2)cc1. The Balaban J connectivity index is 1.51. The molecule has 3 aromatic rings. The van der Waals surface area contributed by atoms with E-state index in [0.29, 0.717) is 28.5 Å². The standard InChI is InChI=1S/C27H28N2O5/c1-4-19(2)21-11-13-23(14-12-21)33-18-26(30)29-28-17-20-10-15-24(25(16-20)32-3)34-27(31)22-8-6-5-7-9-22/h5-17,19H,4,18H2,1-3H3,(H,29,30). The van der Waals surface area contributed by atoms with E-state index >= 15 is 0 Å². The molecular weight excluding hydrogens is 432 g/mol. The van der Waals surface area contributed by atoms with Gasteiger partial charge in [-0.05, 0) is 65.9 Å². The summed E-state index contributed by atoms with van der Waals surface area (Å²) in [5.41, 5.74) is 4.75. The molecular formula is C27H28N2O5. The maximum Gasteiger partial charge on any atom is 0.343 e. The molecule has 1 amide bonds. The lowest BCUT2D eigenvalue weighted by molar-refractivity contribution is -0.123. The molecule has 0 aliphatic rings. The molecule has 1 N–H and O–H groups in total. The lowest BCUT2D eigenvalue weighted by Crippen LogP contribution is -2.24. The van der Waals surface area contributed by atoms with Gasteiger partial charge in [0.25, 0.3) is 5.91 Å². The Labute approximate surface area is 199 Å². The Hall–Kier alpha value is -4.13. The molecule has 0 aliphatic carbocycles. The number of benzene rings is 3. The number of esters is 1. The first kappa shape index (κ1) is 24.5. The number of nitrogens with zero attached hydrogens (tertiary/aromatic N) is 1. The number of rotatable bonds is 10. The first-order valence-corrected chi connectivity index (χ1v) is 11.0. The molecule has 0 saturated carbocycles. The third kappa shape index (κ3) is 6.93. The zero-order chi connectivity index (χ0) is 24.3. The zero-order valence-electron chi connectivity index (χ0n) is 19.5. The fraction of sp³-hybridized carbons (Fsp3) is 0.222. The Bertz CT molecular complexity index is 1130. The fourth-order valence-electron chi connectivity index (χ4n) is 3.07. The molecule has 3 aromatic carbocycles. The second kappa shape index (κ2) is 12.2. The molecule has 0 spiro atoms. The predicted molar refractivity (Wildman–Crippen MR) is 131 cm³/mol. The van der Waals surface area contributed by atoms with Gasteiger partial charge in [0.2, 0.25) is 0 Å². The van der Waals surface area contributed by atoms with Crippen molar-refractivity contribution in [2.75, 3.05) is 13.7 Å². The number of carbonyl (C=O) groups excluding carboxylic acids is 2. The van der Waals surface area contributed by atoms with Gasteiger partial charge in [-0.1, -0.05) is 44.2 Å². The van der Waals surface area contributed by atoms with Crippen molar-refractivity contribution in [2.24, 2.45) is 5.10 Å². The highest BCUT2D eigenvalue weighted by Crippen LogP contribution is 2.28. The minimum Gasteiger partial charge on any atom is -0.493 e. The van der Waals surface area contributed by atoms with E-state index in [1.54, 1.807) is 42.5 Å². The van der Waals surface area contributed by atoms with Gasteiger partial charge >= 0.3 is 5.97 Å². The molecule has 0 bridgehead atoms. The summed E-state index contributed by atoms with van der Waals surface area (Å²) in [5.74, 6) is 0.880. The maximum atomic E-state index is 12.3. The number of ether oxygens (including phenoxy) is 3. The van der Waals surface area contributed by atoms with Crippen LogP contribution in [-0.4, -0.2) is 31.8 Å². The molecule has 176 valence electrons. The first-order chi connectivity index (χ1) is 16.5. The van der Waals surface area contributed by atoms with Crippen LogP contribution < -0.4 is 19.6 Å². The van der Waals surface area contributed by atoms with Crippen LogP contribution in [0.5, 0.6) is 17.2 Å². The number of hydrogen-bond acceptors (Lipinski definition) is 6. The van der Waals surface area contributed by atoms with Crippen LogP contribution in [0, 0.1) is 0 Å². The van der Waals surface area contributed by atoms with E-state index in [2.05, 4.69) is 24.4 Å². The summed E-state index contributed by atoms with van der Waals surface area (Å²) >= 11 is 0. The van der Waals surface area contributed by atoms with Gasteiger partial charge in [-0.2, -0.15) is 5.10 Å². The molecule has 7 nitrogen and oxygen atoms in total. The molecule has 1 unspecified atom stereocenters. The van der Waals surface area contributed by atoms with E-state index in [0.717, 1.165) is 6.42 Å². The number of nitrogens with one attached hydrogen (secondary N) is 1. The number of carbonyl (C=O) groups is 2. The minimum atomic E-state index is -0.484. The average Bonchev–Trinajstić information content (AvgIpc) is 2.88. The second-order valence-electron chi connectivity index (χ2n) is 7.63. The summed E-state index contributed by atoms with van der Waals surface area (Å²) in [6.07, 6.45) is 2.53. The molecule has 7 heteroatoms. The van der Waals surface area contributed by atoms with Crippen molar-refractivity contribution >= 4 is 18.1 Å². The normalized spacial score (nSPS) is 11.6. The zero-order valence-corrected chi connectivity index (χ0v) is 19.5. The fourth-order valence-corrected chi connectivity index (χ4v) is 3.07. The van der Waals surface area contributed by atoms with Crippen molar-refractivity contribution in [3.63, 3.8) is 0 Å². The first-order valence-electron chi connectivity index (χ1n) is 11.0. The van der Waals surface area contributed by atoms with Gasteiger partial charge in [-0.25, -0.2) is 10.2 Å². The van der Waals surface area contributed by atoms with Crippen LogP contribution in [0.25, 0.3) is 0 Å². The van der Waals surface area contributed by atoms with Crippen LogP contribution >= 0.6 is 0 Å². The lowest BCUT2D eigenvalue weighted by atomic mass is 9.99. The number of hydrazone groups is 1. The van der Waals surface area contributed by atoms with E-state index in [1.807, 2.05) is 30.3 Å². The summed E-state index contributed by atoms with van der Waals surface area (Å²) in [6.45, 7) is 4.16. The Kier molecular flexibility index (Phi) is 8.80. The van der Waals surface area contributed by atoms with E-state index in [-0.39, 0.29) is 18.3 Å². The van der Waals surface area contributed by atoms with Crippen LogP contribution in [0.4, 0.5) is 0 Å². The van der Waals surface area contributed by atoms with Crippen LogP contribution in [0.3, 0.4) is 0 Å². The van der Waals surface area contributed by atoms with Crippen molar-refractivity contribution in [1.82, 2.24) is 5.43 Å². The molecule has 0 radical (unpaired) electrons. The van der Waals surface area contributed by atoms with Gasteiger partial charge in [0.15, 0.2) is 18.1 Å². The van der Waals surface area contributed by atoms with E-state index < -0.39 is 5.97 Å². The van der Waals surface area contributed by atoms with Crippen molar-refractivity contribution in [1.29, 1.82) is 0 Å². The monoisotopic (exact) mass is 460 g/mol. The number of methoxy groups -OCH3 is 1. The smallest absolute Gasteiger partial charge is 0.343 e. The van der Waals surface area contributed by atoms with Crippen LogP contribution in [0.2, 0.25) is 0 Å². The summed E-state index contributed by atoms with van der Waals surface area (Å²) in [6, 6.07) is 21.4. The minimum absolute atomic E-state index is 0.155. The quantitative estimate of drug-likeness (QED) is 0.200. The largest absolute Gasteiger partial charge is 0.493 e. The van der Waals surface area contributed by atoms with Crippen molar-refractivity contribution in [2.45, 2.75) is 26.2 Å². The van der Waals surface area contributed by atoms with E-state index in [9.17, 15) is 9.59 Å². The average molecular weight is 461 g/mol. The predicted octanol–water partition coefficient (Wildman–Crippen LogP) is 4.96. The van der Waals surface area contributed by atoms with Crippen LogP contribution in [-0.2, 0) is 4.79 Å². The number of hydrogen-bond donors (Lipinski definition) is 1. The third-order valence-corrected chi connectivity index (χ3v) is 5.23. The molecule has 0 heterocycles. The van der Waals surface area contributed by atoms with Crippen molar-refractivity contribution < 1.29 is 23.8 Å². The summed E-state index contributed by atoms with van der Waals surface area (Å²) in [5, 5.41) is 3.95. The molecule has 34 heavy (non-hydrogen) atoms. The van der Waals surface area contributed by atoms with Crippen molar-refractivity contribution in [3.05, 3.63) is 89.5 Å². The third-order valence-electron chi connectivity index (χ3n) is 5.23. The van der Waals surface area contributed by atoms with Gasteiger partial charge in [-0.15, -0.1) is 0 Å². The van der Waals surface area contributed by atoms with E-state index in [1.165, 1.54) is 18.9 Å². The highest BCUT2D eigenvalue weighted by molar-refractivity contribution is 5.91. The topological polar surface area (TPSA) is 86.2 Å².